The third-order valence-electron chi connectivity index (χ3n) is 0.859. The molecule has 1 unspecified atom stereocenters. The van der Waals surface area contributed by atoms with Crippen LogP contribution in [0.3, 0.4) is 0 Å². The van der Waals surface area contributed by atoms with Gasteiger partial charge in [-0.25, -0.2) is 4.98 Å². The number of imidazole rings is 1. The molecular formula is C4H5N2NaO2S. The van der Waals surface area contributed by atoms with Crippen LogP contribution < -0.4 is 29.6 Å². The molecule has 0 saturated carbocycles. The van der Waals surface area contributed by atoms with Crippen molar-refractivity contribution < 1.29 is 38.3 Å². The van der Waals surface area contributed by atoms with Gasteiger partial charge in [0.2, 0.25) is 0 Å². The minimum atomic E-state index is -2.18. The van der Waals surface area contributed by atoms with Gasteiger partial charge in [0.25, 0.3) is 0 Å². The zero-order valence-electron chi connectivity index (χ0n) is 5.75. The van der Waals surface area contributed by atoms with Crippen LogP contribution in [0.4, 0.5) is 0 Å². The zero-order valence-corrected chi connectivity index (χ0v) is 8.57. The van der Waals surface area contributed by atoms with Crippen LogP contribution >= 0.6 is 0 Å². The summed E-state index contributed by atoms with van der Waals surface area (Å²) in [6.07, 6.45) is 1.28. The number of aryl methyl sites for hydroxylation is 1. The summed E-state index contributed by atoms with van der Waals surface area (Å²) in [5.41, 5.74) is 0. The molecule has 1 heterocycles. The number of rotatable bonds is 1. The van der Waals surface area contributed by atoms with Crippen LogP contribution in [-0.4, -0.2) is 18.7 Å². The second kappa shape index (κ2) is 4.25. The van der Waals surface area contributed by atoms with Crippen LogP contribution in [0.1, 0.15) is 5.82 Å². The fourth-order valence-electron chi connectivity index (χ4n) is 0.483. The Morgan fingerprint density at radius 1 is 1.80 bits per heavy atom. The number of H-pyrrole nitrogens is 1. The van der Waals surface area contributed by atoms with E-state index in [2.05, 4.69) is 9.97 Å². The minimum absolute atomic E-state index is 0. The summed E-state index contributed by atoms with van der Waals surface area (Å²) in [7, 11) is 0. The normalized spacial score (nSPS) is 12.2. The molecule has 0 radical (unpaired) electrons. The van der Waals surface area contributed by atoms with Crippen LogP contribution in [0, 0.1) is 6.92 Å². The Morgan fingerprint density at radius 3 is 2.60 bits per heavy atom. The molecule has 1 rings (SSSR count). The Morgan fingerprint density at radius 2 is 2.40 bits per heavy atom. The molecule has 0 aliphatic carbocycles. The van der Waals surface area contributed by atoms with Crippen LogP contribution in [0.25, 0.3) is 0 Å². The molecule has 0 amide bonds. The number of aromatic amines is 1. The first-order chi connectivity index (χ1) is 4.20. The van der Waals surface area contributed by atoms with Crippen LogP contribution in [0.15, 0.2) is 11.2 Å². The zero-order chi connectivity index (χ0) is 6.85. The quantitative estimate of drug-likeness (QED) is 0.358. The molecule has 1 aromatic heterocycles. The van der Waals surface area contributed by atoms with Crippen molar-refractivity contribution in [3.05, 3.63) is 12.0 Å². The van der Waals surface area contributed by atoms with Gasteiger partial charge in [0, 0.05) is 0 Å². The number of nitrogens with one attached hydrogen (secondary N) is 1. The van der Waals surface area contributed by atoms with Gasteiger partial charge in [-0.2, -0.15) is 0 Å². The van der Waals surface area contributed by atoms with E-state index in [1.54, 1.807) is 6.92 Å². The molecule has 6 heteroatoms. The Labute approximate surface area is 83.0 Å². The smallest absolute Gasteiger partial charge is 0.767 e. The van der Waals surface area contributed by atoms with Crippen molar-refractivity contribution in [3.63, 3.8) is 0 Å². The summed E-state index contributed by atoms with van der Waals surface area (Å²) < 4.78 is 20.3. The van der Waals surface area contributed by atoms with Gasteiger partial charge in [-0.05, 0) is 18.0 Å². The first-order valence-electron chi connectivity index (χ1n) is 2.31. The van der Waals surface area contributed by atoms with Crippen molar-refractivity contribution in [2.45, 2.75) is 11.9 Å². The Balaban J connectivity index is 0.000000810. The molecule has 1 N–H and O–H groups in total. The molecule has 1 aromatic rings. The van der Waals surface area contributed by atoms with Crippen LogP contribution in [0.2, 0.25) is 0 Å². The molecule has 4 nitrogen and oxygen atoms in total. The molecule has 10 heavy (non-hydrogen) atoms. The summed E-state index contributed by atoms with van der Waals surface area (Å²) in [6.45, 7) is 1.69. The van der Waals surface area contributed by atoms with Crippen LogP contribution in [-0.2, 0) is 11.1 Å². The van der Waals surface area contributed by atoms with Crippen molar-refractivity contribution in [1.82, 2.24) is 9.97 Å². The number of hydrogen-bond donors (Lipinski definition) is 1. The topological polar surface area (TPSA) is 68.8 Å². The molecule has 0 fully saturated rings. The maximum absolute atomic E-state index is 10.1. The second-order valence-electron chi connectivity index (χ2n) is 1.57. The third-order valence-corrected chi connectivity index (χ3v) is 1.43. The van der Waals surface area contributed by atoms with E-state index in [1.807, 2.05) is 0 Å². The van der Waals surface area contributed by atoms with Crippen molar-refractivity contribution in [3.8, 4) is 0 Å². The maximum atomic E-state index is 10.1. The Hall–Kier alpha value is 0.320. The summed E-state index contributed by atoms with van der Waals surface area (Å²) in [4.78, 5) is 6.24. The van der Waals surface area contributed by atoms with Crippen LogP contribution in [0.5, 0.6) is 0 Å². The van der Waals surface area contributed by atoms with Gasteiger partial charge in [-0.1, -0.05) is 0 Å². The average molecular weight is 168 g/mol. The SMILES string of the molecule is Cc1ncc(S(=O)[O-])[nH]1.[Na+]. The molecule has 1 atom stereocenters. The van der Waals surface area contributed by atoms with Crippen molar-refractivity contribution in [1.29, 1.82) is 0 Å². The fraction of sp³-hybridized carbons (Fsp3) is 0.250. The standard InChI is InChI=1S/C4H6N2O2S.Na/c1-3-5-2-4(6-3)9(7)8;/h2H,1H3,(H,5,6)(H,7,8);/q;+1/p-1. The monoisotopic (exact) mass is 168 g/mol. The molecular weight excluding hydrogens is 163 g/mol. The Kier molecular flexibility index (Phi) is 4.39. The van der Waals surface area contributed by atoms with Gasteiger partial charge in [-0.15, -0.1) is 0 Å². The minimum Gasteiger partial charge on any atom is -0.767 e. The number of nitrogens with zero attached hydrogens (tertiary/aromatic N) is 1. The molecule has 0 aliphatic rings. The van der Waals surface area contributed by atoms with E-state index in [9.17, 15) is 8.76 Å². The van der Waals surface area contributed by atoms with Gasteiger partial charge in [-0.3, -0.25) is 4.21 Å². The second-order valence-corrected chi connectivity index (χ2v) is 2.48. The summed E-state index contributed by atoms with van der Waals surface area (Å²) in [6, 6.07) is 0. The van der Waals surface area contributed by atoms with Gasteiger partial charge in [0.15, 0.2) is 0 Å². The molecule has 50 valence electrons. The predicted octanol–water partition coefficient (Wildman–Crippen LogP) is -3.04. The van der Waals surface area contributed by atoms with E-state index in [0.717, 1.165) is 0 Å². The van der Waals surface area contributed by atoms with Gasteiger partial charge < -0.3 is 9.54 Å². The summed E-state index contributed by atoms with van der Waals surface area (Å²) >= 11 is -2.18. The van der Waals surface area contributed by atoms with E-state index in [1.165, 1.54) is 6.20 Å². The van der Waals surface area contributed by atoms with E-state index in [4.69, 9.17) is 0 Å². The maximum Gasteiger partial charge on any atom is 1.00 e. The van der Waals surface area contributed by atoms with E-state index < -0.39 is 11.1 Å². The van der Waals surface area contributed by atoms with Gasteiger partial charge >= 0.3 is 29.6 Å². The third kappa shape index (κ3) is 2.51. The average Bonchev–Trinajstić information content (AvgIpc) is 2.14. The van der Waals surface area contributed by atoms with Crippen molar-refractivity contribution in [2.75, 3.05) is 0 Å². The number of aromatic nitrogens is 2. The molecule has 0 saturated heterocycles. The predicted molar refractivity (Wildman–Crippen MR) is 30.5 cm³/mol. The molecule has 0 aliphatic heterocycles. The molecule has 0 aromatic carbocycles. The Bertz CT molecular complexity index is 237. The van der Waals surface area contributed by atoms with Crippen molar-refractivity contribution >= 4 is 11.1 Å². The number of hydrogen-bond acceptors (Lipinski definition) is 3. The first-order valence-corrected chi connectivity index (χ1v) is 3.38. The first kappa shape index (κ1) is 10.3. The largest absolute Gasteiger partial charge is 1.00 e. The van der Waals surface area contributed by atoms with Gasteiger partial charge in [0.1, 0.15) is 10.9 Å². The van der Waals surface area contributed by atoms with E-state index >= 15 is 0 Å². The summed E-state index contributed by atoms with van der Waals surface area (Å²) in [5, 5.41) is 0.132. The van der Waals surface area contributed by atoms with Crippen molar-refractivity contribution in [2.24, 2.45) is 0 Å². The van der Waals surface area contributed by atoms with Gasteiger partial charge in [0.05, 0.1) is 6.20 Å². The van der Waals surface area contributed by atoms with E-state index in [0.29, 0.717) is 5.82 Å². The summed E-state index contributed by atoms with van der Waals surface area (Å²) in [5.74, 6) is 0.606. The molecule has 0 bridgehead atoms. The van der Waals surface area contributed by atoms with E-state index in [-0.39, 0.29) is 34.6 Å². The molecule has 0 spiro atoms. The fourth-order valence-corrected chi connectivity index (χ4v) is 0.853.